The van der Waals surface area contributed by atoms with Crippen LogP contribution in [0.5, 0.6) is 5.75 Å². The summed E-state index contributed by atoms with van der Waals surface area (Å²) in [5.74, 6) is 5.14. The van der Waals surface area contributed by atoms with Gasteiger partial charge in [0, 0.05) is 19.3 Å². The molecule has 0 spiro atoms. The van der Waals surface area contributed by atoms with Crippen molar-refractivity contribution in [3.8, 4) is 5.75 Å². The first-order valence-electron chi connectivity index (χ1n) is 6.03. The Bertz CT molecular complexity index is 665. The Morgan fingerprint density at radius 3 is 2.65 bits per heavy atom. The smallest absolute Gasteiger partial charge is 0.273 e. The highest BCUT2D eigenvalue weighted by Crippen LogP contribution is 2.13. The molecule has 0 aliphatic carbocycles. The third-order valence-electron chi connectivity index (χ3n) is 2.75. The van der Waals surface area contributed by atoms with Crippen LogP contribution in [-0.4, -0.2) is 17.6 Å². The number of rotatable bonds is 4. The molecule has 0 saturated heterocycles. The Labute approximate surface area is 115 Å². The van der Waals surface area contributed by atoms with Crippen LogP contribution in [0, 0.1) is 0 Å². The summed E-state index contributed by atoms with van der Waals surface area (Å²) < 4.78 is 6.55. The minimum Gasteiger partial charge on any atom is -0.482 e. The Hall–Kier alpha value is -2.76. The second kappa shape index (κ2) is 5.92. The number of nitrogens with zero attached hydrogens (tertiary/aromatic N) is 1. The highest BCUT2D eigenvalue weighted by Gasteiger charge is 2.18. The molecule has 1 aromatic carbocycles. The Balaban J connectivity index is 2.33. The number of hydrogen-bond acceptors (Lipinski definition) is 4. The number of pyridine rings is 1. The van der Waals surface area contributed by atoms with Crippen LogP contribution in [0.25, 0.3) is 0 Å². The van der Waals surface area contributed by atoms with Crippen molar-refractivity contribution < 1.29 is 9.53 Å². The number of nitrogens with one attached hydrogen (secondary N) is 1. The van der Waals surface area contributed by atoms with Gasteiger partial charge in [-0.3, -0.25) is 14.3 Å². The van der Waals surface area contributed by atoms with Crippen molar-refractivity contribution >= 4 is 5.91 Å². The Kier molecular flexibility index (Phi) is 4.05. The number of benzene rings is 1. The third kappa shape index (κ3) is 2.80. The molecular formula is C14H15N3O3. The van der Waals surface area contributed by atoms with Crippen molar-refractivity contribution in [3.63, 3.8) is 0 Å². The number of aromatic nitrogens is 1. The Morgan fingerprint density at radius 1 is 1.30 bits per heavy atom. The summed E-state index contributed by atoms with van der Waals surface area (Å²) in [4.78, 5) is 23.6. The van der Waals surface area contributed by atoms with Crippen molar-refractivity contribution in [1.82, 2.24) is 9.99 Å². The molecule has 2 rings (SSSR count). The van der Waals surface area contributed by atoms with Gasteiger partial charge in [-0.1, -0.05) is 30.3 Å². The molecular weight excluding hydrogens is 258 g/mol. The zero-order chi connectivity index (χ0) is 14.5. The van der Waals surface area contributed by atoms with E-state index in [4.69, 9.17) is 10.6 Å². The van der Waals surface area contributed by atoms with Gasteiger partial charge in [-0.05, 0) is 5.56 Å². The average molecular weight is 273 g/mol. The quantitative estimate of drug-likeness (QED) is 0.794. The molecule has 0 saturated carbocycles. The summed E-state index contributed by atoms with van der Waals surface area (Å²) in [6.45, 7) is 0.185. The molecule has 0 radical (unpaired) electrons. The molecule has 104 valence electrons. The SMILES string of the molecule is CNC(=O)c1c(OCc2ccccc2)c(=O)ccn1N. The summed E-state index contributed by atoms with van der Waals surface area (Å²) >= 11 is 0. The zero-order valence-electron chi connectivity index (χ0n) is 11.0. The molecule has 0 aliphatic heterocycles. The van der Waals surface area contributed by atoms with Gasteiger partial charge in [0.15, 0.2) is 11.4 Å². The molecule has 3 N–H and O–H groups in total. The summed E-state index contributed by atoms with van der Waals surface area (Å²) in [7, 11) is 1.46. The fourth-order valence-electron chi connectivity index (χ4n) is 1.74. The van der Waals surface area contributed by atoms with E-state index >= 15 is 0 Å². The van der Waals surface area contributed by atoms with E-state index in [-0.39, 0.29) is 23.5 Å². The number of carbonyl (C=O) groups excluding carboxylic acids is 1. The van der Waals surface area contributed by atoms with Crippen LogP contribution in [0.1, 0.15) is 16.1 Å². The minimum atomic E-state index is -0.478. The molecule has 6 heteroatoms. The van der Waals surface area contributed by atoms with Gasteiger partial charge in [0.2, 0.25) is 5.43 Å². The maximum Gasteiger partial charge on any atom is 0.273 e. The van der Waals surface area contributed by atoms with Crippen molar-refractivity contribution in [1.29, 1.82) is 0 Å². The van der Waals surface area contributed by atoms with Gasteiger partial charge in [-0.25, -0.2) is 0 Å². The van der Waals surface area contributed by atoms with E-state index in [0.717, 1.165) is 10.2 Å². The largest absolute Gasteiger partial charge is 0.482 e. The number of ether oxygens (including phenoxy) is 1. The summed E-state index contributed by atoms with van der Waals surface area (Å²) in [5.41, 5.74) is 0.499. The van der Waals surface area contributed by atoms with E-state index < -0.39 is 5.91 Å². The molecule has 1 heterocycles. The monoisotopic (exact) mass is 273 g/mol. The van der Waals surface area contributed by atoms with Crippen molar-refractivity contribution in [3.05, 3.63) is 64.1 Å². The highest BCUT2D eigenvalue weighted by molar-refractivity contribution is 5.95. The fourth-order valence-corrected chi connectivity index (χ4v) is 1.74. The molecule has 0 aliphatic rings. The predicted molar refractivity (Wildman–Crippen MR) is 75.0 cm³/mol. The van der Waals surface area contributed by atoms with Crippen LogP contribution < -0.4 is 21.3 Å². The van der Waals surface area contributed by atoms with Crippen LogP contribution in [0.4, 0.5) is 0 Å². The molecule has 0 fully saturated rings. The van der Waals surface area contributed by atoms with Gasteiger partial charge >= 0.3 is 0 Å². The van der Waals surface area contributed by atoms with Crippen LogP contribution >= 0.6 is 0 Å². The van der Waals surface area contributed by atoms with Crippen molar-refractivity contribution in [2.24, 2.45) is 0 Å². The molecule has 0 unspecified atom stereocenters. The van der Waals surface area contributed by atoms with E-state index in [9.17, 15) is 9.59 Å². The lowest BCUT2D eigenvalue weighted by atomic mass is 10.2. The fraction of sp³-hybridized carbons (Fsp3) is 0.143. The van der Waals surface area contributed by atoms with E-state index in [0.29, 0.717) is 0 Å². The summed E-state index contributed by atoms with van der Waals surface area (Å²) in [6.07, 6.45) is 1.32. The minimum absolute atomic E-state index is 0.00377. The maximum atomic E-state index is 11.9. The number of nitrogens with two attached hydrogens (primary N) is 1. The van der Waals surface area contributed by atoms with Gasteiger partial charge in [0.1, 0.15) is 6.61 Å². The molecule has 6 nitrogen and oxygen atoms in total. The molecule has 1 amide bonds. The molecule has 0 atom stereocenters. The first-order valence-corrected chi connectivity index (χ1v) is 6.03. The Morgan fingerprint density at radius 2 is 2.00 bits per heavy atom. The number of carbonyl (C=O) groups is 1. The van der Waals surface area contributed by atoms with Crippen molar-refractivity contribution in [2.75, 3.05) is 12.9 Å². The van der Waals surface area contributed by atoms with E-state index in [1.165, 1.54) is 19.3 Å². The average Bonchev–Trinajstić information content (AvgIpc) is 2.48. The lowest BCUT2D eigenvalue weighted by Crippen LogP contribution is -2.30. The van der Waals surface area contributed by atoms with Gasteiger partial charge in [-0.15, -0.1) is 0 Å². The topological polar surface area (TPSA) is 86.3 Å². The van der Waals surface area contributed by atoms with Gasteiger partial charge in [0.25, 0.3) is 5.91 Å². The molecule has 1 aromatic heterocycles. The van der Waals surface area contributed by atoms with Gasteiger partial charge in [-0.2, -0.15) is 0 Å². The molecule has 20 heavy (non-hydrogen) atoms. The number of hydrogen-bond donors (Lipinski definition) is 2. The van der Waals surface area contributed by atoms with E-state index in [1.54, 1.807) is 0 Å². The number of nitrogen functional groups attached to an aromatic ring is 1. The molecule has 2 aromatic rings. The third-order valence-corrected chi connectivity index (χ3v) is 2.75. The summed E-state index contributed by atoms with van der Waals surface area (Å²) in [6, 6.07) is 10.6. The lowest BCUT2D eigenvalue weighted by Gasteiger charge is -2.13. The van der Waals surface area contributed by atoms with Crippen LogP contribution in [0.15, 0.2) is 47.4 Å². The molecule has 0 bridgehead atoms. The van der Waals surface area contributed by atoms with Gasteiger partial charge < -0.3 is 15.9 Å². The summed E-state index contributed by atoms with van der Waals surface area (Å²) in [5, 5.41) is 2.43. The first-order chi connectivity index (χ1) is 9.63. The second-order valence-electron chi connectivity index (χ2n) is 4.12. The second-order valence-corrected chi connectivity index (χ2v) is 4.12. The highest BCUT2D eigenvalue weighted by atomic mass is 16.5. The van der Waals surface area contributed by atoms with Gasteiger partial charge in [0.05, 0.1) is 0 Å². The standard InChI is InChI=1S/C14H15N3O3/c1-16-14(19)12-13(11(18)7-8-17(12)15)20-9-10-5-3-2-4-6-10/h2-8H,9,15H2,1H3,(H,16,19). The van der Waals surface area contributed by atoms with Crippen molar-refractivity contribution in [2.45, 2.75) is 6.61 Å². The van der Waals surface area contributed by atoms with E-state index in [1.807, 2.05) is 30.3 Å². The van der Waals surface area contributed by atoms with E-state index in [2.05, 4.69) is 5.32 Å². The zero-order valence-corrected chi connectivity index (χ0v) is 11.0. The number of amides is 1. The maximum absolute atomic E-state index is 11.9. The predicted octanol–water partition coefficient (Wildman–Crippen LogP) is 0.501. The normalized spacial score (nSPS) is 10.1. The van der Waals surface area contributed by atoms with Crippen LogP contribution in [0.2, 0.25) is 0 Å². The first kappa shape index (κ1) is 13.7. The van der Waals surface area contributed by atoms with Crippen LogP contribution in [0.3, 0.4) is 0 Å². The van der Waals surface area contributed by atoms with Crippen LogP contribution in [-0.2, 0) is 6.61 Å². The lowest BCUT2D eigenvalue weighted by molar-refractivity contribution is 0.0949.